The number of anilines is 1. The van der Waals surface area contributed by atoms with Crippen molar-refractivity contribution in [3.63, 3.8) is 0 Å². The Kier molecular flexibility index (Phi) is 7.87. The molecule has 33 heavy (non-hydrogen) atoms. The second-order valence-electron chi connectivity index (χ2n) is 7.95. The number of hydrogen-bond acceptors (Lipinski definition) is 3. The van der Waals surface area contributed by atoms with Gasteiger partial charge in [-0.1, -0.05) is 23.7 Å². The minimum absolute atomic E-state index is 0.214. The monoisotopic (exact) mass is 469 g/mol. The third-order valence-corrected chi connectivity index (χ3v) is 5.82. The molecule has 6 nitrogen and oxygen atoms in total. The average molecular weight is 470 g/mol. The highest BCUT2D eigenvalue weighted by Crippen LogP contribution is 2.20. The van der Waals surface area contributed by atoms with E-state index in [1.54, 1.807) is 31.2 Å². The Hall–Kier alpha value is -3.19. The van der Waals surface area contributed by atoms with E-state index in [9.17, 15) is 9.18 Å². The van der Waals surface area contributed by atoms with Gasteiger partial charge in [-0.3, -0.25) is 19.8 Å². The highest BCUT2D eigenvalue weighted by Gasteiger charge is 2.14. The molecule has 1 amide bonds. The number of rotatable bonds is 6. The standard InChI is InChI=1S/C25H29ClFN5O/c1-6-32-18(5)21(17(4)31-32)11-12-28-25(29-23-14-20(26)10-8-16(23)3)30-24(33)19-9-7-15(2)22(27)13-19/h7-10,13-14H,6,11-12H2,1-5H3,(H2,28,29,30,33). The molecule has 0 fully saturated rings. The Morgan fingerprint density at radius 2 is 1.85 bits per heavy atom. The number of aliphatic imine (C=N–C) groups is 1. The number of guanidine groups is 1. The quantitative estimate of drug-likeness (QED) is 0.376. The summed E-state index contributed by atoms with van der Waals surface area (Å²) in [6.45, 7) is 10.9. The second kappa shape index (κ2) is 10.6. The third kappa shape index (κ3) is 5.99. The molecule has 0 aliphatic heterocycles. The van der Waals surface area contributed by atoms with Crippen LogP contribution in [-0.4, -0.2) is 28.2 Å². The summed E-state index contributed by atoms with van der Waals surface area (Å²) in [6.07, 6.45) is 0.673. The number of carbonyl (C=O) groups is 1. The van der Waals surface area contributed by atoms with E-state index in [0.29, 0.717) is 23.6 Å². The van der Waals surface area contributed by atoms with Crippen LogP contribution in [0.4, 0.5) is 10.1 Å². The predicted molar refractivity (Wildman–Crippen MR) is 132 cm³/mol. The van der Waals surface area contributed by atoms with Gasteiger partial charge in [-0.2, -0.15) is 5.10 Å². The van der Waals surface area contributed by atoms with Gasteiger partial charge in [0.15, 0.2) is 0 Å². The minimum atomic E-state index is -0.453. The molecule has 0 spiro atoms. The second-order valence-corrected chi connectivity index (χ2v) is 8.38. The molecule has 1 aromatic heterocycles. The lowest BCUT2D eigenvalue weighted by Crippen LogP contribution is -2.36. The molecular weight excluding hydrogens is 441 g/mol. The number of amides is 1. The molecule has 3 aromatic rings. The molecule has 0 aliphatic carbocycles. The van der Waals surface area contributed by atoms with Crippen LogP contribution in [0, 0.1) is 33.5 Å². The van der Waals surface area contributed by atoms with Crippen LogP contribution >= 0.6 is 11.6 Å². The Balaban J connectivity index is 1.84. The lowest BCUT2D eigenvalue weighted by atomic mass is 10.1. The van der Waals surface area contributed by atoms with Gasteiger partial charge in [0.25, 0.3) is 5.91 Å². The molecule has 174 valence electrons. The van der Waals surface area contributed by atoms with Gasteiger partial charge in [0, 0.05) is 35.1 Å². The summed E-state index contributed by atoms with van der Waals surface area (Å²) in [4.78, 5) is 17.4. The average Bonchev–Trinajstić information content (AvgIpc) is 3.05. The molecule has 2 N–H and O–H groups in total. The fraction of sp³-hybridized carbons (Fsp3) is 0.320. The molecule has 2 aromatic carbocycles. The molecule has 0 atom stereocenters. The molecule has 0 saturated carbocycles. The SMILES string of the molecule is CCn1nc(C)c(CCN=C(NC(=O)c2ccc(C)c(F)c2)Nc2cc(Cl)ccc2C)c1C. The van der Waals surface area contributed by atoms with Crippen LogP contribution in [0.3, 0.4) is 0 Å². The zero-order valence-electron chi connectivity index (χ0n) is 19.6. The van der Waals surface area contributed by atoms with E-state index in [-0.39, 0.29) is 11.5 Å². The van der Waals surface area contributed by atoms with E-state index in [1.807, 2.05) is 31.5 Å². The largest absolute Gasteiger partial charge is 0.326 e. The van der Waals surface area contributed by atoms with Crippen molar-refractivity contribution in [1.82, 2.24) is 15.1 Å². The zero-order chi connectivity index (χ0) is 24.1. The molecule has 0 bridgehead atoms. The molecular formula is C25H29ClFN5O. The van der Waals surface area contributed by atoms with E-state index in [4.69, 9.17) is 11.6 Å². The Bertz CT molecular complexity index is 1200. The molecule has 0 radical (unpaired) electrons. The number of carbonyl (C=O) groups excluding carboxylic acids is 1. The first-order valence-corrected chi connectivity index (χ1v) is 11.3. The van der Waals surface area contributed by atoms with Gasteiger partial charge >= 0.3 is 0 Å². The van der Waals surface area contributed by atoms with Crippen LogP contribution in [0.25, 0.3) is 0 Å². The van der Waals surface area contributed by atoms with Gasteiger partial charge in [0.05, 0.1) is 5.69 Å². The Labute approximate surface area is 198 Å². The number of aromatic nitrogens is 2. The van der Waals surface area contributed by atoms with E-state index in [2.05, 4.69) is 27.6 Å². The Morgan fingerprint density at radius 1 is 1.12 bits per heavy atom. The predicted octanol–water partition coefficient (Wildman–Crippen LogP) is 5.37. The topological polar surface area (TPSA) is 71.3 Å². The van der Waals surface area contributed by atoms with Crippen LogP contribution in [0.5, 0.6) is 0 Å². The van der Waals surface area contributed by atoms with Gasteiger partial charge in [-0.25, -0.2) is 4.39 Å². The molecule has 0 unspecified atom stereocenters. The highest BCUT2D eigenvalue weighted by atomic mass is 35.5. The van der Waals surface area contributed by atoms with Crippen molar-refractivity contribution in [3.8, 4) is 0 Å². The number of halogens is 2. The molecule has 0 saturated heterocycles. The zero-order valence-corrected chi connectivity index (χ0v) is 20.3. The first-order chi connectivity index (χ1) is 15.7. The summed E-state index contributed by atoms with van der Waals surface area (Å²) in [5, 5.41) is 11.1. The van der Waals surface area contributed by atoms with Crippen molar-refractivity contribution < 1.29 is 9.18 Å². The summed E-state index contributed by atoms with van der Waals surface area (Å²) in [6, 6.07) is 9.83. The number of benzene rings is 2. The summed E-state index contributed by atoms with van der Waals surface area (Å²) in [5.74, 6) is -0.616. The van der Waals surface area contributed by atoms with Gasteiger partial charge < -0.3 is 5.32 Å². The fourth-order valence-electron chi connectivity index (χ4n) is 3.56. The van der Waals surface area contributed by atoms with E-state index in [1.165, 1.54) is 6.07 Å². The van der Waals surface area contributed by atoms with Crippen molar-refractivity contribution in [2.75, 3.05) is 11.9 Å². The maximum Gasteiger partial charge on any atom is 0.258 e. The maximum atomic E-state index is 14.0. The Morgan fingerprint density at radius 3 is 2.52 bits per heavy atom. The maximum absolute atomic E-state index is 14.0. The van der Waals surface area contributed by atoms with Crippen LogP contribution in [0.2, 0.25) is 5.02 Å². The van der Waals surface area contributed by atoms with Crippen LogP contribution in [-0.2, 0) is 13.0 Å². The summed E-state index contributed by atoms with van der Waals surface area (Å²) < 4.78 is 15.9. The summed E-state index contributed by atoms with van der Waals surface area (Å²) >= 11 is 6.15. The number of nitrogens with zero attached hydrogens (tertiary/aromatic N) is 3. The summed E-state index contributed by atoms with van der Waals surface area (Å²) in [5.41, 5.74) is 5.60. The molecule has 0 aliphatic rings. The third-order valence-electron chi connectivity index (χ3n) is 5.58. The van der Waals surface area contributed by atoms with Gasteiger partial charge in [-0.05, 0) is 82.0 Å². The fourth-order valence-corrected chi connectivity index (χ4v) is 3.74. The molecule has 3 rings (SSSR count). The highest BCUT2D eigenvalue weighted by molar-refractivity contribution is 6.31. The van der Waals surface area contributed by atoms with Gasteiger partial charge in [0.1, 0.15) is 5.82 Å². The van der Waals surface area contributed by atoms with Gasteiger partial charge in [0.2, 0.25) is 5.96 Å². The lowest BCUT2D eigenvalue weighted by molar-refractivity contribution is 0.0976. The van der Waals surface area contributed by atoms with Crippen molar-refractivity contribution >= 4 is 29.2 Å². The van der Waals surface area contributed by atoms with E-state index < -0.39 is 11.7 Å². The number of aryl methyl sites for hydroxylation is 4. The number of hydrogen-bond donors (Lipinski definition) is 2. The van der Waals surface area contributed by atoms with Crippen molar-refractivity contribution in [2.45, 2.75) is 47.6 Å². The summed E-state index contributed by atoms with van der Waals surface area (Å²) in [7, 11) is 0. The molecule has 1 heterocycles. The van der Waals surface area contributed by atoms with Crippen molar-refractivity contribution in [2.24, 2.45) is 4.99 Å². The first-order valence-electron chi connectivity index (χ1n) is 10.9. The smallest absolute Gasteiger partial charge is 0.258 e. The van der Waals surface area contributed by atoms with E-state index >= 15 is 0 Å². The van der Waals surface area contributed by atoms with Crippen molar-refractivity contribution in [3.05, 3.63) is 80.9 Å². The lowest BCUT2D eigenvalue weighted by Gasteiger charge is -2.14. The first kappa shape index (κ1) is 24.5. The van der Waals surface area contributed by atoms with Gasteiger partial charge in [-0.15, -0.1) is 0 Å². The minimum Gasteiger partial charge on any atom is -0.326 e. The van der Waals surface area contributed by atoms with Crippen LogP contribution < -0.4 is 10.6 Å². The normalized spacial score (nSPS) is 11.5. The van der Waals surface area contributed by atoms with Crippen LogP contribution in [0.15, 0.2) is 41.4 Å². The van der Waals surface area contributed by atoms with Crippen LogP contribution in [0.1, 0.15) is 45.4 Å². The van der Waals surface area contributed by atoms with Crippen molar-refractivity contribution in [1.29, 1.82) is 0 Å². The number of nitrogens with one attached hydrogen (secondary N) is 2. The molecule has 8 heteroatoms. The van der Waals surface area contributed by atoms with E-state index in [0.717, 1.165) is 34.7 Å².